The highest BCUT2D eigenvalue weighted by Gasteiger charge is 2.41. The van der Waals surface area contributed by atoms with Gasteiger partial charge in [0, 0.05) is 29.3 Å². The minimum absolute atomic E-state index is 0.0753. The van der Waals surface area contributed by atoms with Gasteiger partial charge in [0.1, 0.15) is 16.2 Å². The van der Waals surface area contributed by atoms with Crippen LogP contribution in [0.15, 0.2) is 57.0 Å². The number of ether oxygens (including phenoxy) is 2. The molecule has 2 heterocycles. The molecule has 6 nitrogen and oxygen atoms in total. The lowest BCUT2D eigenvalue weighted by molar-refractivity contribution is -0.0444. The van der Waals surface area contributed by atoms with Crippen molar-refractivity contribution in [1.29, 1.82) is 0 Å². The van der Waals surface area contributed by atoms with Crippen molar-refractivity contribution < 1.29 is 22.2 Å². The number of rotatable bonds is 3. The summed E-state index contributed by atoms with van der Waals surface area (Å²) in [6, 6.07) is 12.1. The van der Waals surface area contributed by atoms with Crippen molar-refractivity contribution in [1.82, 2.24) is 0 Å². The SMILES string of the molecule is Cc1ccc(S(=O)(=O)O/N=C2/CC3(CCOCC3)Oc3cc(Br)ccc32)cc1. The molecule has 0 amide bonds. The minimum Gasteiger partial charge on any atom is -0.486 e. The third kappa shape index (κ3) is 3.94. The number of oxime groups is 1. The summed E-state index contributed by atoms with van der Waals surface area (Å²) in [5.74, 6) is 0.664. The fourth-order valence-corrected chi connectivity index (χ4v) is 4.52. The van der Waals surface area contributed by atoms with E-state index >= 15 is 0 Å². The van der Waals surface area contributed by atoms with Crippen LogP contribution in [0.1, 0.15) is 30.4 Å². The zero-order valence-electron chi connectivity index (χ0n) is 15.4. The lowest BCUT2D eigenvalue weighted by Gasteiger charge is -2.41. The molecular weight excluding hydrogens is 446 g/mol. The van der Waals surface area contributed by atoms with Gasteiger partial charge in [-0.1, -0.05) is 38.8 Å². The first kappa shape index (κ1) is 19.4. The summed E-state index contributed by atoms with van der Waals surface area (Å²) in [7, 11) is -3.99. The number of halogens is 1. The molecule has 1 saturated heterocycles. The zero-order valence-corrected chi connectivity index (χ0v) is 17.8. The molecular formula is C20H20BrNO5S. The van der Waals surface area contributed by atoms with Gasteiger partial charge in [0.2, 0.25) is 0 Å². The van der Waals surface area contributed by atoms with Gasteiger partial charge >= 0.3 is 10.1 Å². The number of nitrogens with zero attached hydrogens (tertiary/aromatic N) is 1. The lowest BCUT2D eigenvalue weighted by atomic mass is 9.84. The van der Waals surface area contributed by atoms with Crippen LogP contribution in [0.3, 0.4) is 0 Å². The van der Waals surface area contributed by atoms with E-state index in [1.54, 1.807) is 12.1 Å². The van der Waals surface area contributed by atoms with E-state index < -0.39 is 15.7 Å². The van der Waals surface area contributed by atoms with Crippen molar-refractivity contribution in [3.63, 3.8) is 0 Å². The normalized spacial score (nSPS) is 19.9. The Labute approximate surface area is 172 Å². The van der Waals surface area contributed by atoms with E-state index in [-0.39, 0.29) is 4.90 Å². The predicted octanol–water partition coefficient (Wildman–Crippen LogP) is 4.20. The van der Waals surface area contributed by atoms with E-state index in [0.29, 0.717) is 43.9 Å². The fraction of sp³-hybridized carbons (Fsp3) is 0.350. The standard InChI is InChI=1S/C20H20BrNO5S/c1-14-2-5-16(6-3-14)28(23,24)27-22-18-13-20(8-10-25-11-9-20)26-19-12-15(21)4-7-17(18)19/h2-7,12H,8-11,13H2,1H3/b22-18-. The Bertz CT molecular complexity index is 1010. The Kier molecular flexibility index (Phi) is 5.20. The molecule has 1 fully saturated rings. The van der Waals surface area contributed by atoms with E-state index in [1.807, 2.05) is 25.1 Å². The summed E-state index contributed by atoms with van der Waals surface area (Å²) in [4.78, 5) is 0.0753. The maximum atomic E-state index is 12.5. The number of benzene rings is 2. The maximum absolute atomic E-state index is 12.5. The first-order valence-electron chi connectivity index (χ1n) is 9.01. The summed E-state index contributed by atoms with van der Waals surface area (Å²) in [6.07, 6.45) is 1.89. The summed E-state index contributed by atoms with van der Waals surface area (Å²) in [5.41, 5.74) is 1.81. The van der Waals surface area contributed by atoms with Crippen molar-refractivity contribution in [2.24, 2.45) is 5.16 Å². The molecule has 0 aromatic heterocycles. The Morgan fingerprint density at radius 3 is 2.54 bits per heavy atom. The van der Waals surface area contributed by atoms with Gasteiger partial charge in [0.15, 0.2) is 0 Å². The van der Waals surface area contributed by atoms with Crippen molar-refractivity contribution in [2.75, 3.05) is 13.2 Å². The third-order valence-electron chi connectivity index (χ3n) is 5.03. The van der Waals surface area contributed by atoms with E-state index in [2.05, 4.69) is 21.1 Å². The van der Waals surface area contributed by atoms with E-state index in [4.69, 9.17) is 13.8 Å². The van der Waals surface area contributed by atoms with Crippen LogP contribution in [-0.2, 0) is 19.1 Å². The van der Waals surface area contributed by atoms with Crippen LogP contribution in [0.2, 0.25) is 0 Å². The van der Waals surface area contributed by atoms with Gasteiger partial charge in [-0.3, -0.25) is 4.28 Å². The van der Waals surface area contributed by atoms with Crippen LogP contribution in [0.5, 0.6) is 5.75 Å². The monoisotopic (exact) mass is 465 g/mol. The van der Waals surface area contributed by atoms with Crippen LogP contribution < -0.4 is 4.74 Å². The van der Waals surface area contributed by atoms with Crippen molar-refractivity contribution >= 4 is 31.8 Å². The summed E-state index contributed by atoms with van der Waals surface area (Å²) >= 11 is 3.46. The lowest BCUT2D eigenvalue weighted by Crippen LogP contribution is -2.46. The Morgan fingerprint density at radius 2 is 1.82 bits per heavy atom. The first-order valence-corrected chi connectivity index (χ1v) is 11.2. The number of hydrogen-bond donors (Lipinski definition) is 0. The molecule has 0 unspecified atom stereocenters. The second-order valence-corrected chi connectivity index (χ2v) is 9.54. The molecule has 2 aromatic carbocycles. The second kappa shape index (κ2) is 7.50. The fourth-order valence-electron chi connectivity index (χ4n) is 3.43. The van der Waals surface area contributed by atoms with Gasteiger partial charge in [0.05, 0.1) is 18.9 Å². The van der Waals surface area contributed by atoms with Gasteiger partial charge < -0.3 is 9.47 Å². The van der Waals surface area contributed by atoms with E-state index in [9.17, 15) is 8.42 Å². The highest BCUT2D eigenvalue weighted by molar-refractivity contribution is 9.10. The zero-order chi connectivity index (χ0) is 19.8. The molecule has 0 bridgehead atoms. The number of fused-ring (bicyclic) bond motifs is 1. The Hall–Kier alpha value is -1.90. The van der Waals surface area contributed by atoms with Gasteiger partial charge in [-0.05, 0) is 37.3 Å². The Balaban J connectivity index is 1.68. The summed E-state index contributed by atoms with van der Waals surface area (Å²) < 4.78 is 42.8. The largest absolute Gasteiger partial charge is 0.486 e. The van der Waals surface area contributed by atoms with Gasteiger partial charge in [-0.2, -0.15) is 8.42 Å². The summed E-state index contributed by atoms with van der Waals surface area (Å²) in [6.45, 7) is 3.08. The number of aryl methyl sites for hydroxylation is 1. The molecule has 0 atom stereocenters. The van der Waals surface area contributed by atoms with Crippen LogP contribution >= 0.6 is 15.9 Å². The number of hydrogen-bond acceptors (Lipinski definition) is 6. The first-order chi connectivity index (χ1) is 13.4. The predicted molar refractivity (Wildman–Crippen MR) is 108 cm³/mol. The average molecular weight is 466 g/mol. The molecule has 2 aliphatic rings. The quantitative estimate of drug-likeness (QED) is 0.634. The third-order valence-corrected chi connectivity index (χ3v) is 6.64. The molecule has 2 aromatic rings. The van der Waals surface area contributed by atoms with Gasteiger partial charge in [0.25, 0.3) is 0 Å². The maximum Gasteiger partial charge on any atom is 0.358 e. The molecule has 0 radical (unpaired) electrons. The van der Waals surface area contributed by atoms with Crippen molar-refractivity contribution in [3.8, 4) is 5.75 Å². The molecule has 0 aliphatic carbocycles. The molecule has 2 aliphatic heterocycles. The molecule has 0 N–H and O–H groups in total. The highest BCUT2D eigenvalue weighted by Crippen LogP contribution is 2.40. The van der Waals surface area contributed by atoms with Crippen molar-refractivity contribution in [3.05, 3.63) is 58.1 Å². The summed E-state index contributed by atoms with van der Waals surface area (Å²) in [5, 5.41) is 4.07. The van der Waals surface area contributed by atoms with Crippen LogP contribution in [0.25, 0.3) is 0 Å². The molecule has 148 valence electrons. The van der Waals surface area contributed by atoms with Crippen LogP contribution in [-0.4, -0.2) is 32.9 Å². The molecule has 1 spiro atoms. The van der Waals surface area contributed by atoms with Crippen LogP contribution in [0, 0.1) is 6.92 Å². The second-order valence-electron chi connectivity index (χ2n) is 7.09. The van der Waals surface area contributed by atoms with E-state index in [0.717, 1.165) is 15.6 Å². The van der Waals surface area contributed by atoms with Crippen molar-refractivity contribution in [2.45, 2.75) is 36.7 Å². The Morgan fingerprint density at radius 1 is 1.11 bits per heavy atom. The molecule has 0 saturated carbocycles. The van der Waals surface area contributed by atoms with Gasteiger partial charge in [-0.15, -0.1) is 0 Å². The minimum atomic E-state index is -3.99. The van der Waals surface area contributed by atoms with Crippen LogP contribution in [0.4, 0.5) is 0 Å². The average Bonchev–Trinajstić information content (AvgIpc) is 2.67. The molecule has 4 rings (SSSR count). The van der Waals surface area contributed by atoms with Gasteiger partial charge in [-0.25, -0.2) is 0 Å². The molecule has 28 heavy (non-hydrogen) atoms. The highest BCUT2D eigenvalue weighted by atomic mass is 79.9. The topological polar surface area (TPSA) is 74.2 Å². The smallest absolute Gasteiger partial charge is 0.358 e. The molecule has 8 heteroatoms. The van der Waals surface area contributed by atoms with E-state index in [1.165, 1.54) is 12.1 Å².